The van der Waals surface area contributed by atoms with Gasteiger partial charge >= 0.3 is 0 Å². The number of carbonyl (C=O) groups is 1. The number of nitrogen functional groups attached to an aromatic ring is 1. The summed E-state index contributed by atoms with van der Waals surface area (Å²) in [6.07, 6.45) is 2.13. The van der Waals surface area contributed by atoms with Crippen LogP contribution in [0.25, 0.3) is 0 Å². The highest BCUT2D eigenvalue weighted by Gasteiger charge is 2.66. The molecule has 6 heteroatoms. The molecule has 0 aromatic carbocycles. The predicted molar refractivity (Wildman–Crippen MR) is 70.1 cm³/mol. The van der Waals surface area contributed by atoms with Crippen molar-refractivity contribution in [2.24, 2.45) is 16.7 Å². The standard InChI is InChI=1S/C12H18N4OS/c1-11(2)6-4-5-12(11,3)8(17)7(6)18-10-14-9(13)15-16-10/h6-7H,4-5H2,1-3H3,(H3,13,14,15,16)/t6-,7+,12+/m1/s1. The largest absolute Gasteiger partial charge is 0.368 e. The zero-order valence-corrected chi connectivity index (χ0v) is 11.7. The van der Waals surface area contributed by atoms with E-state index in [2.05, 4.69) is 36.0 Å². The van der Waals surface area contributed by atoms with Crippen LogP contribution >= 0.6 is 11.8 Å². The summed E-state index contributed by atoms with van der Waals surface area (Å²) in [6, 6.07) is 0. The molecule has 2 saturated carbocycles. The van der Waals surface area contributed by atoms with E-state index >= 15 is 0 Å². The second-order valence-electron chi connectivity index (χ2n) is 6.10. The van der Waals surface area contributed by atoms with Crippen molar-refractivity contribution in [1.82, 2.24) is 15.2 Å². The molecule has 2 aliphatic carbocycles. The fourth-order valence-corrected chi connectivity index (χ4v) is 5.05. The van der Waals surface area contributed by atoms with Crippen LogP contribution < -0.4 is 5.73 Å². The Labute approximate surface area is 110 Å². The lowest BCUT2D eigenvalue weighted by Gasteiger charge is -2.32. The molecule has 0 amide bonds. The molecule has 0 unspecified atom stereocenters. The van der Waals surface area contributed by atoms with Gasteiger partial charge < -0.3 is 5.73 Å². The number of nitrogens with one attached hydrogen (secondary N) is 1. The van der Waals surface area contributed by atoms with Gasteiger partial charge in [-0.15, -0.1) is 5.10 Å². The van der Waals surface area contributed by atoms with Gasteiger partial charge in [0.1, 0.15) is 0 Å². The number of nitrogens with zero attached hydrogens (tertiary/aromatic N) is 2. The number of Topliss-reactive ketones (excluding diaryl/α,β-unsaturated/α-hetero) is 1. The molecule has 0 aliphatic heterocycles. The highest BCUT2D eigenvalue weighted by molar-refractivity contribution is 8.00. The third-order valence-electron chi connectivity index (χ3n) is 5.19. The van der Waals surface area contributed by atoms with Crippen molar-refractivity contribution in [3.8, 4) is 0 Å². The normalized spacial score (nSPS) is 37.4. The van der Waals surface area contributed by atoms with Crippen LogP contribution in [0.4, 0.5) is 5.95 Å². The van der Waals surface area contributed by atoms with Gasteiger partial charge in [-0.2, -0.15) is 4.98 Å². The fourth-order valence-electron chi connectivity index (χ4n) is 3.56. The lowest BCUT2D eigenvalue weighted by atomic mass is 9.70. The number of nitrogens with two attached hydrogens (primary N) is 1. The number of aromatic nitrogens is 3. The molecule has 5 nitrogen and oxygen atoms in total. The maximum absolute atomic E-state index is 12.6. The molecule has 1 heterocycles. The zero-order valence-electron chi connectivity index (χ0n) is 10.9. The molecule has 1 aromatic rings. The molecule has 3 atom stereocenters. The quantitative estimate of drug-likeness (QED) is 0.853. The van der Waals surface area contributed by atoms with Crippen LogP contribution in [0.3, 0.4) is 0 Å². The van der Waals surface area contributed by atoms with Crippen molar-refractivity contribution in [1.29, 1.82) is 0 Å². The molecule has 0 saturated heterocycles. The second-order valence-corrected chi connectivity index (χ2v) is 7.21. The summed E-state index contributed by atoms with van der Waals surface area (Å²) in [7, 11) is 0. The molecule has 2 fully saturated rings. The van der Waals surface area contributed by atoms with Gasteiger partial charge in [0.25, 0.3) is 0 Å². The number of fused-ring (bicyclic) bond motifs is 2. The van der Waals surface area contributed by atoms with E-state index in [1.54, 1.807) is 0 Å². The third kappa shape index (κ3) is 1.32. The van der Waals surface area contributed by atoms with Gasteiger partial charge in [-0.1, -0.05) is 32.5 Å². The van der Waals surface area contributed by atoms with Gasteiger partial charge in [-0.25, -0.2) is 5.10 Å². The number of anilines is 1. The summed E-state index contributed by atoms with van der Waals surface area (Å²) in [5.41, 5.74) is 5.40. The van der Waals surface area contributed by atoms with E-state index in [1.165, 1.54) is 11.8 Å². The Hall–Kier alpha value is -1.04. The first-order valence-corrected chi connectivity index (χ1v) is 7.13. The van der Waals surface area contributed by atoms with E-state index in [-0.39, 0.29) is 16.1 Å². The monoisotopic (exact) mass is 266 g/mol. The maximum Gasteiger partial charge on any atom is 0.216 e. The Kier molecular flexibility index (Phi) is 2.33. The minimum absolute atomic E-state index is 0.0195. The highest BCUT2D eigenvalue weighted by Crippen LogP contribution is 2.66. The van der Waals surface area contributed by atoms with Gasteiger partial charge in [0.15, 0.2) is 5.78 Å². The maximum atomic E-state index is 12.6. The Morgan fingerprint density at radius 2 is 2.17 bits per heavy atom. The van der Waals surface area contributed by atoms with Gasteiger partial charge in [-0.3, -0.25) is 4.79 Å². The van der Waals surface area contributed by atoms with E-state index in [0.717, 1.165) is 12.8 Å². The van der Waals surface area contributed by atoms with Crippen LogP contribution in [0.5, 0.6) is 0 Å². The smallest absolute Gasteiger partial charge is 0.216 e. The van der Waals surface area contributed by atoms with Crippen LogP contribution in [0.1, 0.15) is 33.6 Å². The summed E-state index contributed by atoms with van der Waals surface area (Å²) in [5.74, 6) is 1.08. The fraction of sp³-hybridized carbons (Fsp3) is 0.750. The second kappa shape index (κ2) is 3.50. The van der Waals surface area contributed by atoms with Gasteiger partial charge in [0.2, 0.25) is 11.1 Å². The Bertz CT molecular complexity index is 512. The van der Waals surface area contributed by atoms with Crippen LogP contribution in [0.15, 0.2) is 5.16 Å². The van der Waals surface area contributed by atoms with Crippen molar-refractivity contribution in [3.05, 3.63) is 0 Å². The lowest BCUT2D eigenvalue weighted by Crippen LogP contribution is -2.34. The van der Waals surface area contributed by atoms with Crippen LogP contribution in [0.2, 0.25) is 0 Å². The topological polar surface area (TPSA) is 84.7 Å². The summed E-state index contributed by atoms with van der Waals surface area (Å²) >= 11 is 1.46. The summed E-state index contributed by atoms with van der Waals surface area (Å²) in [5, 5.41) is 7.20. The van der Waals surface area contributed by atoms with Crippen molar-refractivity contribution in [2.45, 2.75) is 44.0 Å². The number of ketones is 1. The molecule has 3 rings (SSSR count). The number of rotatable bonds is 2. The number of hydrogen-bond donors (Lipinski definition) is 2. The molecule has 0 spiro atoms. The summed E-state index contributed by atoms with van der Waals surface area (Å²) in [4.78, 5) is 16.7. The first-order chi connectivity index (χ1) is 8.36. The lowest BCUT2D eigenvalue weighted by molar-refractivity contribution is -0.127. The predicted octanol–water partition coefficient (Wildman–Crippen LogP) is 1.87. The van der Waals surface area contributed by atoms with Gasteiger partial charge in [0, 0.05) is 5.41 Å². The van der Waals surface area contributed by atoms with Crippen LogP contribution in [-0.4, -0.2) is 26.2 Å². The number of thioether (sulfide) groups is 1. The molecular formula is C12H18N4OS. The molecular weight excluding hydrogens is 248 g/mol. The number of hydrogen-bond acceptors (Lipinski definition) is 5. The number of H-pyrrole nitrogens is 1. The van der Waals surface area contributed by atoms with Gasteiger partial charge in [-0.05, 0) is 24.2 Å². The zero-order chi connectivity index (χ0) is 13.1. The highest BCUT2D eigenvalue weighted by atomic mass is 32.2. The average molecular weight is 266 g/mol. The summed E-state index contributed by atoms with van der Waals surface area (Å²) < 4.78 is 0. The molecule has 18 heavy (non-hydrogen) atoms. The third-order valence-corrected chi connectivity index (χ3v) is 6.38. The van der Waals surface area contributed by atoms with Crippen molar-refractivity contribution in [2.75, 3.05) is 5.73 Å². The molecule has 98 valence electrons. The molecule has 2 bridgehead atoms. The van der Waals surface area contributed by atoms with Crippen LogP contribution in [-0.2, 0) is 4.79 Å². The molecule has 1 aromatic heterocycles. The van der Waals surface area contributed by atoms with E-state index in [0.29, 0.717) is 22.8 Å². The van der Waals surface area contributed by atoms with E-state index in [4.69, 9.17) is 5.73 Å². The number of aromatic amines is 1. The minimum atomic E-state index is -0.183. The van der Waals surface area contributed by atoms with Crippen molar-refractivity contribution in [3.63, 3.8) is 0 Å². The van der Waals surface area contributed by atoms with E-state index < -0.39 is 0 Å². The van der Waals surface area contributed by atoms with E-state index in [9.17, 15) is 4.79 Å². The average Bonchev–Trinajstić information content (AvgIpc) is 2.83. The molecule has 3 N–H and O–H groups in total. The Balaban J connectivity index is 1.89. The van der Waals surface area contributed by atoms with Crippen LogP contribution in [0, 0.1) is 16.7 Å². The van der Waals surface area contributed by atoms with E-state index in [1.807, 2.05) is 0 Å². The molecule has 0 radical (unpaired) electrons. The molecule has 2 aliphatic rings. The van der Waals surface area contributed by atoms with Gasteiger partial charge in [0.05, 0.1) is 5.25 Å². The Morgan fingerprint density at radius 3 is 2.67 bits per heavy atom. The SMILES string of the molecule is CC1(C)[C@@H]2CC[C@@]1(C)C(=O)[C@H]2Sc1n[nH]c(N)n1. The minimum Gasteiger partial charge on any atom is -0.368 e. The van der Waals surface area contributed by atoms with Crippen molar-refractivity contribution >= 4 is 23.5 Å². The van der Waals surface area contributed by atoms with Crippen molar-refractivity contribution < 1.29 is 4.79 Å². The first-order valence-electron chi connectivity index (χ1n) is 6.25. The number of carbonyl (C=O) groups excluding carboxylic acids is 1. The Morgan fingerprint density at radius 1 is 1.44 bits per heavy atom. The summed E-state index contributed by atoms with van der Waals surface area (Å²) in [6.45, 7) is 6.55. The first kappa shape index (κ1) is 12.0.